The van der Waals surface area contributed by atoms with Crippen molar-refractivity contribution in [3.8, 4) is 0 Å². The van der Waals surface area contributed by atoms with Gasteiger partial charge >= 0.3 is 0 Å². The number of thioether (sulfide) groups is 1. The van der Waals surface area contributed by atoms with Gasteiger partial charge in [-0.05, 0) is 35.8 Å². The van der Waals surface area contributed by atoms with Crippen LogP contribution >= 0.6 is 11.8 Å². The van der Waals surface area contributed by atoms with Crippen molar-refractivity contribution < 1.29 is 9.21 Å². The van der Waals surface area contributed by atoms with Crippen LogP contribution < -0.4 is 5.32 Å². The van der Waals surface area contributed by atoms with Crippen LogP contribution in [0.1, 0.15) is 95.6 Å². The van der Waals surface area contributed by atoms with E-state index in [0.717, 1.165) is 47.0 Å². The van der Waals surface area contributed by atoms with Crippen molar-refractivity contribution >= 4 is 34.5 Å². The average molecular weight is 468 g/mol. The maximum absolute atomic E-state index is 12.6. The molecule has 1 N–H and O–H groups in total. The van der Waals surface area contributed by atoms with Crippen molar-refractivity contribution in [3.05, 3.63) is 47.8 Å². The van der Waals surface area contributed by atoms with Crippen LogP contribution in [0.4, 0.5) is 5.69 Å². The van der Waals surface area contributed by atoms with Gasteiger partial charge in [0.1, 0.15) is 5.52 Å². The largest absolute Gasteiger partial charge is 0.431 e. The highest BCUT2D eigenvalue weighted by atomic mass is 32.2. The number of benzene rings is 1. The van der Waals surface area contributed by atoms with E-state index in [-0.39, 0.29) is 5.91 Å². The first-order valence-corrected chi connectivity index (χ1v) is 13.2. The number of anilines is 1. The molecular weight excluding hydrogens is 430 g/mol. The van der Waals surface area contributed by atoms with Crippen molar-refractivity contribution in [1.29, 1.82) is 0 Å². The molecule has 0 atom stereocenters. The van der Waals surface area contributed by atoms with E-state index in [0.29, 0.717) is 18.3 Å². The molecule has 0 aliphatic heterocycles. The Labute approximate surface area is 202 Å². The van der Waals surface area contributed by atoms with Gasteiger partial charge in [-0.25, -0.2) is 4.98 Å². The fourth-order valence-electron chi connectivity index (χ4n) is 3.97. The normalized spacial score (nSPS) is 11.6. The number of aromatic nitrogens is 2. The molecule has 178 valence electrons. The zero-order valence-electron chi connectivity index (χ0n) is 20.4. The highest BCUT2D eigenvalue weighted by molar-refractivity contribution is 7.99. The summed E-state index contributed by atoms with van der Waals surface area (Å²) >= 11 is 1.67. The quantitative estimate of drug-likeness (QED) is 0.204. The number of carbonyl (C=O) groups excluding carboxylic acids is 1. The number of hydrogen-bond acceptors (Lipinski definition) is 5. The molecule has 5 nitrogen and oxygen atoms in total. The lowest BCUT2D eigenvalue weighted by atomic mass is 9.92. The number of unbranched alkanes of at least 4 members (excludes halogenated alkanes) is 5. The second-order valence-corrected chi connectivity index (χ2v) is 10.3. The number of pyridine rings is 1. The van der Waals surface area contributed by atoms with E-state index >= 15 is 0 Å². The Morgan fingerprint density at radius 1 is 0.970 bits per heavy atom. The molecule has 0 bridgehead atoms. The Bertz CT molecular complexity index is 970. The molecule has 0 radical (unpaired) electrons. The number of para-hydroxylation sites is 1. The third kappa shape index (κ3) is 7.60. The number of hydrogen-bond donors (Lipinski definition) is 1. The van der Waals surface area contributed by atoms with Crippen LogP contribution in [0.25, 0.3) is 11.1 Å². The number of oxazole rings is 1. The summed E-state index contributed by atoms with van der Waals surface area (Å²) in [5.41, 5.74) is 5.09. The SMILES string of the molecule is CC(C)c1cccc(C(C)C)c1NC(=O)CCCCCCCCSc1nc2cnccc2o1. The van der Waals surface area contributed by atoms with Gasteiger partial charge < -0.3 is 9.73 Å². The van der Waals surface area contributed by atoms with Gasteiger partial charge in [-0.2, -0.15) is 0 Å². The van der Waals surface area contributed by atoms with E-state index in [9.17, 15) is 4.79 Å². The molecule has 0 aliphatic carbocycles. The molecule has 1 amide bonds. The number of carbonyl (C=O) groups is 1. The van der Waals surface area contributed by atoms with E-state index in [2.05, 4.69) is 61.2 Å². The minimum Gasteiger partial charge on any atom is -0.431 e. The van der Waals surface area contributed by atoms with E-state index in [1.165, 1.54) is 30.4 Å². The van der Waals surface area contributed by atoms with Crippen LogP contribution in [-0.2, 0) is 4.79 Å². The number of nitrogens with one attached hydrogen (secondary N) is 1. The molecular formula is C27H37N3O2S. The first kappa shape index (κ1) is 25.3. The van der Waals surface area contributed by atoms with Gasteiger partial charge in [-0.15, -0.1) is 0 Å². The summed E-state index contributed by atoms with van der Waals surface area (Å²) in [6.45, 7) is 8.72. The third-order valence-corrected chi connectivity index (χ3v) is 6.75. The summed E-state index contributed by atoms with van der Waals surface area (Å²) in [6.07, 6.45) is 10.8. The zero-order valence-corrected chi connectivity index (χ0v) is 21.2. The van der Waals surface area contributed by atoms with Crippen molar-refractivity contribution in [3.63, 3.8) is 0 Å². The van der Waals surface area contributed by atoms with Gasteiger partial charge in [0.15, 0.2) is 5.58 Å². The molecule has 0 aliphatic rings. The number of rotatable bonds is 13. The molecule has 0 unspecified atom stereocenters. The molecule has 2 aromatic heterocycles. The zero-order chi connectivity index (χ0) is 23.6. The predicted molar refractivity (Wildman–Crippen MR) is 138 cm³/mol. The van der Waals surface area contributed by atoms with Crippen LogP contribution in [0.3, 0.4) is 0 Å². The maximum Gasteiger partial charge on any atom is 0.256 e. The highest BCUT2D eigenvalue weighted by Gasteiger charge is 2.15. The van der Waals surface area contributed by atoms with Crippen LogP contribution in [0.5, 0.6) is 0 Å². The monoisotopic (exact) mass is 467 g/mol. The van der Waals surface area contributed by atoms with E-state index < -0.39 is 0 Å². The van der Waals surface area contributed by atoms with Crippen molar-refractivity contribution in [2.24, 2.45) is 0 Å². The summed E-state index contributed by atoms with van der Waals surface area (Å²) in [7, 11) is 0. The molecule has 3 rings (SSSR count). The highest BCUT2D eigenvalue weighted by Crippen LogP contribution is 2.32. The average Bonchev–Trinajstić information content (AvgIpc) is 3.20. The minimum atomic E-state index is 0.134. The van der Waals surface area contributed by atoms with E-state index in [1.54, 1.807) is 24.2 Å². The van der Waals surface area contributed by atoms with Crippen LogP contribution in [0.15, 0.2) is 46.3 Å². The van der Waals surface area contributed by atoms with Gasteiger partial charge in [0, 0.05) is 30.1 Å². The minimum absolute atomic E-state index is 0.134. The summed E-state index contributed by atoms with van der Waals surface area (Å²) in [6, 6.07) is 8.21. The van der Waals surface area contributed by atoms with Gasteiger partial charge in [0.2, 0.25) is 5.91 Å². The Balaban J connectivity index is 1.29. The smallest absolute Gasteiger partial charge is 0.256 e. The first-order valence-electron chi connectivity index (χ1n) is 12.2. The molecule has 3 aromatic rings. The molecule has 2 heterocycles. The fourth-order valence-corrected chi connectivity index (χ4v) is 4.81. The van der Waals surface area contributed by atoms with Crippen molar-refractivity contribution in [1.82, 2.24) is 9.97 Å². The molecule has 1 aromatic carbocycles. The lowest BCUT2D eigenvalue weighted by molar-refractivity contribution is -0.116. The van der Waals surface area contributed by atoms with Crippen molar-refractivity contribution in [2.75, 3.05) is 11.1 Å². The van der Waals surface area contributed by atoms with Crippen molar-refractivity contribution in [2.45, 2.75) is 89.7 Å². The Morgan fingerprint density at radius 2 is 1.64 bits per heavy atom. The molecule has 0 fully saturated rings. The first-order chi connectivity index (χ1) is 16.0. The van der Waals surface area contributed by atoms with Gasteiger partial charge in [0.25, 0.3) is 5.22 Å². The second-order valence-electron chi connectivity index (χ2n) is 9.21. The summed E-state index contributed by atoms with van der Waals surface area (Å²) < 4.78 is 5.71. The predicted octanol–water partition coefficient (Wildman–Crippen LogP) is 7.93. The molecule has 33 heavy (non-hydrogen) atoms. The third-order valence-electron chi connectivity index (χ3n) is 5.83. The topological polar surface area (TPSA) is 68.0 Å². The number of fused-ring (bicyclic) bond motifs is 1. The summed E-state index contributed by atoms with van der Waals surface area (Å²) in [5.74, 6) is 1.92. The Kier molecular flexibility index (Phi) is 9.79. The van der Waals surface area contributed by atoms with Gasteiger partial charge in [-0.1, -0.05) is 83.3 Å². The second kappa shape index (κ2) is 12.8. The fraction of sp³-hybridized carbons (Fsp3) is 0.519. The van der Waals surface area contributed by atoms with Crippen LogP contribution in [-0.4, -0.2) is 21.6 Å². The summed E-state index contributed by atoms with van der Waals surface area (Å²) in [5, 5.41) is 3.95. The molecule has 6 heteroatoms. The Morgan fingerprint density at radius 3 is 2.30 bits per heavy atom. The lowest BCUT2D eigenvalue weighted by Crippen LogP contribution is -2.15. The Hall–Kier alpha value is -2.34. The standard InChI is InChI=1S/C27H37N3O2S/c1-19(2)21-12-11-13-22(20(3)4)26(21)30-25(31)14-9-7-5-6-8-10-17-33-27-29-23-18-28-16-15-24(23)32-27/h11-13,15-16,18-20H,5-10,14,17H2,1-4H3,(H,30,31). The van der Waals surface area contributed by atoms with Gasteiger partial charge in [-0.3, -0.25) is 9.78 Å². The van der Waals surface area contributed by atoms with E-state index in [4.69, 9.17) is 4.42 Å². The lowest BCUT2D eigenvalue weighted by Gasteiger charge is -2.20. The summed E-state index contributed by atoms with van der Waals surface area (Å²) in [4.78, 5) is 21.1. The number of nitrogens with zero attached hydrogens (tertiary/aromatic N) is 2. The van der Waals surface area contributed by atoms with Crippen LogP contribution in [0, 0.1) is 0 Å². The van der Waals surface area contributed by atoms with Gasteiger partial charge in [0.05, 0.1) is 6.20 Å². The van der Waals surface area contributed by atoms with Crippen LogP contribution in [0.2, 0.25) is 0 Å². The number of amides is 1. The molecule has 0 spiro atoms. The maximum atomic E-state index is 12.6. The molecule has 0 saturated carbocycles. The van der Waals surface area contributed by atoms with E-state index in [1.807, 2.05) is 6.07 Å². The molecule has 0 saturated heterocycles.